The number of rotatable bonds is 1. The van der Waals surface area contributed by atoms with E-state index >= 15 is 0 Å². The van der Waals surface area contributed by atoms with Gasteiger partial charge < -0.3 is 14.7 Å². The lowest BCUT2D eigenvalue weighted by Crippen LogP contribution is -2.44. The van der Waals surface area contributed by atoms with E-state index in [0.29, 0.717) is 17.8 Å². The molecule has 16 heavy (non-hydrogen) atoms. The molecule has 0 spiro atoms. The number of hydrogen-bond donors (Lipinski definition) is 1. The van der Waals surface area contributed by atoms with Gasteiger partial charge in [0, 0.05) is 6.54 Å². The van der Waals surface area contributed by atoms with Crippen LogP contribution in [0.25, 0.3) is 0 Å². The molecule has 2 aliphatic rings. The lowest BCUT2D eigenvalue weighted by Gasteiger charge is -2.30. The van der Waals surface area contributed by atoms with Crippen molar-refractivity contribution < 1.29 is 14.6 Å². The molecule has 1 saturated carbocycles. The number of hydrogen-bond acceptors (Lipinski definition) is 3. The van der Waals surface area contributed by atoms with Crippen molar-refractivity contribution in [2.75, 3.05) is 13.2 Å². The molecule has 92 valence electrons. The van der Waals surface area contributed by atoms with Crippen LogP contribution in [-0.4, -0.2) is 40.9 Å². The number of carbonyl (C=O) groups excluding carboxylic acids is 1. The highest BCUT2D eigenvalue weighted by Gasteiger charge is 2.60. The second kappa shape index (κ2) is 3.62. The predicted octanol–water partition coefficient (Wildman–Crippen LogP) is 1.48. The Kier molecular flexibility index (Phi) is 2.65. The molecule has 0 unspecified atom stereocenters. The maximum Gasteiger partial charge on any atom is 0.410 e. The molecule has 1 N–H and O–H groups in total. The molecular formula is C12H21NO3. The largest absolute Gasteiger partial charge is 0.444 e. The molecule has 0 aromatic rings. The number of aliphatic hydroxyl groups excluding tert-OH is 1. The minimum Gasteiger partial charge on any atom is -0.444 e. The summed E-state index contributed by atoms with van der Waals surface area (Å²) >= 11 is 0. The minimum absolute atomic E-state index is 0.0325. The summed E-state index contributed by atoms with van der Waals surface area (Å²) in [5, 5.41) is 9.35. The molecule has 4 nitrogen and oxygen atoms in total. The number of fused-ring (bicyclic) bond motifs is 1. The summed E-state index contributed by atoms with van der Waals surface area (Å²) < 4.78 is 5.33. The number of ether oxygens (including phenoxy) is 1. The second-order valence-corrected chi connectivity index (χ2v) is 5.98. The van der Waals surface area contributed by atoms with E-state index in [2.05, 4.69) is 6.92 Å². The normalized spacial score (nSPS) is 37.2. The third-order valence-electron chi connectivity index (χ3n) is 3.70. The number of aliphatic hydroxyl groups is 1. The van der Waals surface area contributed by atoms with E-state index in [1.807, 2.05) is 20.8 Å². The number of piperidine rings is 1. The van der Waals surface area contributed by atoms with Crippen molar-refractivity contribution in [2.24, 2.45) is 17.8 Å². The Morgan fingerprint density at radius 3 is 2.62 bits per heavy atom. The average molecular weight is 227 g/mol. The summed E-state index contributed by atoms with van der Waals surface area (Å²) in [5.74, 6) is 1.71. The average Bonchev–Trinajstić information content (AvgIpc) is 2.61. The maximum absolute atomic E-state index is 11.9. The Morgan fingerprint density at radius 2 is 2.12 bits per heavy atom. The summed E-state index contributed by atoms with van der Waals surface area (Å²) in [7, 11) is 0. The fraction of sp³-hybridized carbons (Fsp3) is 0.917. The third kappa shape index (κ3) is 1.90. The molecule has 0 aromatic carbocycles. The van der Waals surface area contributed by atoms with Gasteiger partial charge in [0.15, 0.2) is 0 Å². The minimum atomic E-state index is -0.463. The van der Waals surface area contributed by atoms with Crippen molar-refractivity contribution >= 4 is 6.09 Å². The highest BCUT2D eigenvalue weighted by Crippen LogP contribution is 2.55. The van der Waals surface area contributed by atoms with Crippen LogP contribution in [0, 0.1) is 17.8 Å². The topological polar surface area (TPSA) is 49.8 Å². The van der Waals surface area contributed by atoms with Gasteiger partial charge >= 0.3 is 6.09 Å². The van der Waals surface area contributed by atoms with Crippen LogP contribution in [0.3, 0.4) is 0 Å². The van der Waals surface area contributed by atoms with Crippen LogP contribution in [-0.2, 0) is 4.74 Å². The van der Waals surface area contributed by atoms with E-state index in [0.717, 1.165) is 6.54 Å². The standard InChI is InChI=1S/C12H21NO3/c1-7-8-5-13(9(6-14)10(7)8)11(15)16-12(2,3)4/h7-10,14H,5-6H2,1-4H3/t7-,8+,9+,10-/m1/s1. The smallest absolute Gasteiger partial charge is 0.410 e. The highest BCUT2D eigenvalue weighted by molar-refractivity contribution is 5.69. The van der Waals surface area contributed by atoms with Gasteiger partial charge in [-0.15, -0.1) is 0 Å². The molecule has 0 aromatic heterocycles. The van der Waals surface area contributed by atoms with Crippen LogP contribution >= 0.6 is 0 Å². The quantitative estimate of drug-likeness (QED) is 0.738. The Bertz CT molecular complexity index is 297. The Balaban J connectivity index is 1.98. The molecular weight excluding hydrogens is 206 g/mol. The molecule has 1 aliphatic carbocycles. The van der Waals surface area contributed by atoms with Crippen LogP contribution in [0.2, 0.25) is 0 Å². The first-order chi connectivity index (χ1) is 7.35. The van der Waals surface area contributed by atoms with Gasteiger partial charge in [-0.1, -0.05) is 6.92 Å². The summed E-state index contributed by atoms with van der Waals surface area (Å²) in [6.45, 7) is 8.55. The first-order valence-corrected chi connectivity index (χ1v) is 5.95. The summed E-state index contributed by atoms with van der Waals surface area (Å²) in [6, 6.07) is -0.0325. The Labute approximate surface area is 96.6 Å². The molecule has 1 heterocycles. The Hall–Kier alpha value is -0.770. The van der Waals surface area contributed by atoms with E-state index in [9.17, 15) is 9.90 Å². The van der Waals surface area contributed by atoms with Crippen molar-refractivity contribution in [3.05, 3.63) is 0 Å². The summed E-state index contributed by atoms with van der Waals surface area (Å²) in [6.07, 6.45) is -0.286. The van der Waals surface area contributed by atoms with Crippen molar-refractivity contribution in [1.29, 1.82) is 0 Å². The van der Waals surface area contributed by atoms with Crippen LogP contribution in [0.1, 0.15) is 27.7 Å². The molecule has 4 atom stereocenters. The number of likely N-dealkylation sites (tertiary alicyclic amines) is 1. The second-order valence-electron chi connectivity index (χ2n) is 5.98. The van der Waals surface area contributed by atoms with E-state index in [1.165, 1.54) is 0 Å². The number of carbonyl (C=O) groups is 1. The molecule has 1 amide bonds. The molecule has 2 rings (SSSR count). The fourth-order valence-electron chi connectivity index (χ4n) is 2.82. The molecule has 2 fully saturated rings. The number of nitrogens with zero attached hydrogens (tertiary/aromatic N) is 1. The van der Waals surface area contributed by atoms with E-state index < -0.39 is 5.60 Å². The summed E-state index contributed by atoms with van der Waals surface area (Å²) in [4.78, 5) is 13.6. The van der Waals surface area contributed by atoms with E-state index in [-0.39, 0.29) is 18.7 Å². The first kappa shape index (κ1) is 11.7. The van der Waals surface area contributed by atoms with Crippen LogP contribution < -0.4 is 0 Å². The molecule has 0 radical (unpaired) electrons. The van der Waals surface area contributed by atoms with E-state index in [1.54, 1.807) is 4.90 Å². The predicted molar refractivity (Wildman–Crippen MR) is 60.0 cm³/mol. The summed E-state index contributed by atoms with van der Waals surface area (Å²) in [5.41, 5.74) is -0.463. The third-order valence-corrected chi connectivity index (χ3v) is 3.70. The molecule has 1 aliphatic heterocycles. The van der Waals surface area contributed by atoms with Crippen LogP contribution in [0.15, 0.2) is 0 Å². The van der Waals surface area contributed by atoms with Crippen molar-refractivity contribution in [3.63, 3.8) is 0 Å². The molecule has 4 heteroatoms. The van der Waals surface area contributed by atoms with Gasteiger partial charge in [0.1, 0.15) is 5.60 Å². The zero-order chi connectivity index (χ0) is 12.1. The van der Waals surface area contributed by atoms with Crippen molar-refractivity contribution in [1.82, 2.24) is 4.90 Å². The van der Waals surface area contributed by atoms with Gasteiger partial charge in [-0.3, -0.25) is 0 Å². The van der Waals surface area contributed by atoms with Gasteiger partial charge in [-0.25, -0.2) is 4.79 Å². The monoisotopic (exact) mass is 227 g/mol. The highest BCUT2D eigenvalue weighted by atomic mass is 16.6. The van der Waals surface area contributed by atoms with Crippen LogP contribution in [0.4, 0.5) is 4.79 Å². The van der Waals surface area contributed by atoms with Gasteiger partial charge in [-0.2, -0.15) is 0 Å². The van der Waals surface area contributed by atoms with Gasteiger partial charge in [0.25, 0.3) is 0 Å². The maximum atomic E-state index is 11.9. The SMILES string of the molecule is C[C@@H]1[C@@H]2CN(C(=O)OC(C)(C)C)[C@@H](CO)[C@H]12. The molecule has 1 saturated heterocycles. The van der Waals surface area contributed by atoms with Gasteiger partial charge in [-0.05, 0) is 38.5 Å². The molecule has 0 bridgehead atoms. The lowest BCUT2D eigenvalue weighted by molar-refractivity contribution is 0.0119. The van der Waals surface area contributed by atoms with Gasteiger partial charge in [0.2, 0.25) is 0 Å². The Morgan fingerprint density at radius 1 is 1.50 bits per heavy atom. The van der Waals surface area contributed by atoms with Gasteiger partial charge in [0.05, 0.1) is 12.6 Å². The number of amides is 1. The van der Waals surface area contributed by atoms with E-state index in [4.69, 9.17) is 4.74 Å². The first-order valence-electron chi connectivity index (χ1n) is 5.95. The van der Waals surface area contributed by atoms with Crippen LogP contribution in [0.5, 0.6) is 0 Å². The zero-order valence-electron chi connectivity index (χ0n) is 10.4. The fourth-order valence-corrected chi connectivity index (χ4v) is 2.82. The van der Waals surface area contributed by atoms with Crippen molar-refractivity contribution in [3.8, 4) is 0 Å². The van der Waals surface area contributed by atoms with Crippen molar-refractivity contribution in [2.45, 2.75) is 39.3 Å². The lowest BCUT2D eigenvalue weighted by atomic mass is 10.1. The zero-order valence-corrected chi connectivity index (χ0v) is 10.4.